The molecule has 0 saturated carbocycles. The van der Waals surface area contributed by atoms with Crippen LogP contribution in [0.3, 0.4) is 0 Å². The average molecular weight is 426 g/mol. The number of hydrazine groups is 1. The molecule has 2 N–H and O–H groups in total. The largest absolute Gasteiger partial charge is 0.290 e. The monoisotopic (exact) mass is 426 g/mol. The molecule has 0 spiro atoms. The van der Waals surface area contributed by atoms with E-state index in [1.54, 1.807) is 31.2 Å². The van der Waals surface area contributed by atoms with Gasteiger partial charge in [-0.1, -0.05) is 72.8 Å². The summed E-state index contributed by atoms with van der Waals surface area (Å²) in [6, 6.07) is 24.4. The lowest BCUT2D eigenvalue weighted by molar-refractivity contribution is -0.121. The highest BCUT2D eigenvalue weighted by Crippen LogP contribution is 2.19. The molecule has 0 atom stereocenters. The van der Waals surface area contributed by atoms with Gasteiger partial charge in [0, 0.05) is 11.9 Å². The van der Waals surface area contributed by atoms with Crippen LogP contribution in [0.2, 0.25) is 0 Å². The number of aryl methyl sites for hydroxylation is 1. The van der Waals surface area contributed by atoms with Crippen LogP contribution in [-0.2, 0) is 17.8 Å². The Morgan fingerprint density at radius 2 is 1.44 bits per heavy atom. The summed E-state index contributed by atoms with van der Waals surface area (Å²) in [6.45, 7) is 2.10. The molecule has 0 aliphatic carbocycles. The van der Waals surface area contributed by atoms with E-state index in [2.05, 4.69) is 16.0 Å². The number of carbonyl (C=O) groups is 2. The molecular formula is C25H22N4O3. The Morgan fingerprint density at radius 1 is 0.812 bits per heavy atom. The summed E-state index contributed by atoms with van der Waals surface area (Å²) in [5.74, 6) is -0.949. The zero-order chi connectivity index (χ0) is 22.5. The molecule has 0 fully saturated rings. The van der Waals surface area contributed by atoms with Gasteiger partial charge in [0.1, 0.15) is 0 Å². The van der Waals surface area contributed by atoms with Gasteiger partial charge in [-0.25, -0.2) is 4.68 Å². The molecule has 7 nitrogen and oxygen atoms in total. The first-order valence-electron chi connectivity index (χ1n) is 10.3. The Morgan fingerprint density at radius 3 is 2.12 bits per heavy atom. The van der Waals surface area contributed by atoms with Crippen LogP contribution in [0.4, 0.5) is 0 Å². The van der Waals surface area contributed by atoms with Crippen LogP contribution in [0.15, 0.2) is 83.7 Å². The maximum absolute atomic E-state index is 12.7. The highest BCUT2D eigenvalue weighted by atomic mass is 16.2. The second kappa shape index (κ2) is 9.26. The van der Waals surface area contributed by atoms with E-state index in [4.69, 9.17) is 0 Å². The van der Waals surface area contributed by atoms with Crippen LogP contribution in [0.1, 0.15) is 23.0 Å². The van der Waals surface area contributed by atoms with E-state index < -0.39 is 5.91 Å². The molecule has 0 aliphatic rings. The van der Waals surface area contributed by atoms with Gasteiger partial charge in [-0.05, 0) is 29.7 Å². The van der Waals surface area contributed by atoms with E-state index in [1.807, 2.05) is 54.6 Å². The minimum atomic E-state index is -0.587. The van der Waals surface area contributed by atoms with Gasteiger partial charge in [0.25, 0.3) is 11.5 Å². The van der Waals surface area contributed by atoms with E-state index in [-0.39, 0.29) is 23.6 Å². The van der Waals surface area contributed by atoms with Crippen molar-refractivity contribution in [3.05, 3.63) is 100 Å². The molecule has 0 unspecified atom stereocenters. The molecule has 160 valence electrons. The maximum atomic E-state index is 12.7. The number of aromatic nitrogens is 2. The van der Waals surface area contributed by atoms with Crippen LogP contribution in [0.5, 0.6) is 0 Å². The second-order valence-corrected chi connectivity index (χ2v) is 7.26. The number of nitrogens with zero attached hydrogens (tertiary/aromatic N) is 2. The van der Waals surface area contributed by atoms with E-state index in [9.17, 15) is 14.4 Å². The standard InChI is InChI=1S/C25H22N4O3/c1-2-29-25(32)21-11-7-6-10-20(21)23(28-29)24(31)27-26-22(30)16-17-12-14-19(15-13-17)18-8-4-3-5-9-18/h3-15H,2,16H2,1H3,(H,26,30)(H,27,31). The Kier molecular flexibility index (Phi) is 6.07. The van der Waals surface area contributed by atoms with Gasteiger partial charge >= 0.3 is 0 Å². The minimum Gasteiger partial charge on any atom is -0.273 e. The van der Waals surface area contributed by atoms with Crippen molar-refractivity contribution >= 4 is 22.6 Å². The van der Waals surface area contributed by atoms with Crippen molar-refractivity contribution in [1.82, 2.24) is 20.6 Å². The predicted molar refractivity (Wildman–Crippen MR) is 123 cm³/mol. The fraction of sp³-hybridized carbons (Fsp3) is 0.120. The van der Waals surface area contributed by atoms with Crippen LogP contribution < -0.4 is 16.4 Å². The molecule has 4 aromatic rings. The molecule has 3 aromatic carbocycles. The summed E-state index contributed by atoms with van der Waals surface area (Å²) in [5, 5.41) is 5.00. The third kappa shape index (κ3) is 4.41. The lowest BCUT2D eigenvalue weighted by Gasteiger charge is -2.11. The van der Waals surface area contributed by atoms with Gasteiger partial charge in [-0.2, -0.15) is 5.10 Å². The van der Waals surface area contributed by atoms with Gasteiger partial charge in [0.05, 0.1) is 11.8 Å². The van der Waals surface area contributed by atoms with Crippen LogP contribution in [0.25, 0.3) is 21.9 Å². The number of hydrogen-bond donors (Lipinski definition) is 2. The van der Waals surface area contributed by atoms with Crippen molar-refractivity contribution in [3.63, 3.8) is 0 Å². The lowest BCUT2D eigenvalue weighted by atomic mass is 10.0. The third-order valence-corrected chi connectivity index (χ3v) is 5.12. The zero-order valence-corrected chi connectivity index (χ0v) is 17.5. The molecule has 32 heavy (non-hydrogen) atoms. The number of nitrogens with one attached hydrogen (secondary N) is 2. The normalized spacial score (nSPS) is 10.7. The van der Waals surface area contributed by atoms with Crippen LogP contribution in [-0.4, -0.2) is 21.6 Å². The van der Waals surface area contributed by atoms with Crippen molar-refractivity contribution in [3.8, 4) is 11.1 Å². The number of benzene rings is 3. The topological polar surface area (TPSA) is 93.1 Å². The second-order valence-electron chi connectivity index (χ2n) is 7.26. The van der Waals surface area contributed by atoms with Crippen LogP contribution >= 0.6 is 0 Å². The average Bonchev–Trinajstić information content (AvgIpc) is 2.84. The zero-order valence-electron chi connectivity index (χ0n) is 17.5. The first-order chi connectivity index (χ1) is 15.6. The molecule has 4 rings (SSSR count). The fourth-order valence-electron chi connectivity index (χ4n) is 3.48. The smallest absolute Gasteiger partial charge is 0.273 e. The fourth-order valence-corrected chi connectivity index (χ4v) is 3.48. The van der Waals surface area contributed by atoms with Crippen molar-refractivity contribution < 1.29 is 9.59 Å². The number of carbonyl (C=O) groups excluding carboxylic acids is 2. The molecule has 0 aliphatic heterocycles. The van der Waals surface area contributed by atoms with Crippen molar-refractivity contribution in [2.24, 2.45) is 0 Å². The molecule has 0 saturated heterocycles. The van der Waals surface area contributed by atoms with Gasteiger partial charge in [-0.15, -0.1) is 0 Å². The molecule has 2 amide bonds. The minimum absolute atomic E-state index is 0.0783. The summed E-state index contributed by atoms with van der Waals surface area (Å²) >= 11 is 0. The van der Waals surface area contributed by atoms with Crippen molar-refractivity contribution in [2.45, 2.75) is 19.9 Å². The highest BCUT2D eigenvalue weighted by molar-refractivity contribution is 6.05. The Balaban J connectivity index is 1.43. The molecule has 7 heteroatoms. The molecule has 0 radical (unpaired) electrons. The molecule has 0 bridgehead atoms. The molecule has 1 heterocycles. The van der Waals surface area contributed by atoms with Gasteiger partial charge < -0.3 is 0 Å². The number of amides is 2. The van der Waals surface area contributed by atoms with Gasteiger partial charge in [0.2, 0.25) is 5.91 Å². The third-order valence-electron chi connectivity index (χ3n) is 5.12. The highest BCUT2D eigenvalue weighted by Gasteiger charge is 2.17. The first-order valence-corrected chi connectivity index (χ1v) is 10.3. The van der Waals surface area contributed by atoms with Crippen molar-refractivity contribution in [1.29, 1.82) is 0 Å². The van der Waals surface area contributed by atoms with E-state index in [0.717, 1.165) is 16.7 Å². The van der Waals surface area contributed by atoms with E-state index in [0.29, 0.717) is 17.3 Å². The van der Waals surface area contributed by atoms with Gasteiger partial charge in [-0.3, -0.25) is 25.2 Å². The quantitative estimate of drug-likeness (QED) is 0.480. The summed E-state index contributed by atoms with van der Waals surface area (Å²) < 4.78 is 1.23. The van der Waals surface area contributed by atoms with Crippen LogP contribution in [0, 0.1) is 0 Å². The molecular weight excluding hydrogens is 404 g/mol. The number of fused-ring (bicyclic) bond motifs is 1. The Labute approximate surface area is 184 Å². The lowest BCUT2D eigenvalue weighted by Crippen LogP contribution is -2.43. The summed E-state index contributed by atoms with van der Waals surface area (Å²) in [6.07, 6.45) is 0.109. The Bertz CT molecular complexity index is 1330. The predicted octanol–water partition coefficient (Wildman–Crippen LogP) is 3.09. The van der Waals surface area contributed by atoms with Gasteiger partial charge in [0.15, 0.2) is 5.69 Å². The molecule has 1 aromatic heterocycles. The number of rotatable bonds is 5. The summed E-state index contributed by atoms with van der Waals surface area (Å²) in [7, 11) is 0. The summed E-state index contributed by atoms with van der Waals surface area (Å²) in [5.41, 5.74) is 7.63. The first kappa shape index (κ1) is 21.0. The van der Waals surface area contributed by atoms with E-state index in [1.165, 1.54) is 4.68 Å². The Hall–Kier alpha value is -4.26. The number of hydrogen-bond acceptors (Lipinski definition) is 4. The summed E-state index contributed by atoms with van der Waals surface area (Å²) in [4.78, 5) is 37.5. The van der Waals surface area contributed by atoms with Crippen molar-refractivity contribution in [2.75, 3.05) is 0 Å². The van der Waals surface area contributed by atoms with E-state index >= 15 is 0 Å². The SMILES string of the molecule is CCn1nc(C(=O)NNC(=O)Cc2ccc(-c3ccccc3)cc2)c2ccccc2c1=O. The maximum Gasteiger partial charge on any atom is 0.290 e.